The van der Waals surface area contributed by atoms with Gasteiger partial charge in [0.15, 0.2) is 0 Å². The number of hydrogen-bond acceptors (Lipinski definition) is 2. The molecule has 1 heterocycles. The summed E-state index contributed by atoms with van der Waals surface area (Å²) in [6, 6.07) is 7.24. The van der Waals surface area contributed by atoms with Gasteiger partial charge in [0.25, 0.3) is 0 Å². The van der Waals surface area contributed by atoms with Gasteiger partial charge in [-0.25, -0.2) is 13.8 Å². The summed E-state index contributed by atoms with van der Waals surface area (Å²) in [5, 5.41) is 0. The minimum Gasteiger partial charge on any atom is -0.383 e. The van der Waals surface area contributed by atoms with Crippen LogP contribution in [0.1, 0.15) is 11.1 Å². The molecule has 0 aliphatic carbocycles. The molecule has 1 aromatic carbocycles. The average Bonchev–Trinajstić information content (AvgIpc) is 2.30. The van der Waals surface area contributed by atoms with E-state index in [9.17, 15) is 8.78 Å². The molecule has 0 aliphatic rings. The topological polar surface area (TPSA) is 38.9 Å². The number of halogens is 2. The molecule has 2 N–H and O–H groups in total. The number of nitrogen functional groups attached to an aromatic ring is 1. The molecule has 0 amide bonds. The molecule has 17 heavy (non-hydrogen) atoms. The first-order chi connectivity index (χ1) is 8.16. The highest BCUT2D eigenvalue weighted by atomic mass is 19.1. The molecule has 0 bridgehead atoms. The van der Waals surface area contributed by atoms with Crippen molar-refractivity contribution in [2.75, 3.05) is 5.73 Å². The van der Waals surface area contributed by atoms with Crippen molar-refractivity contribution >= 4 is 5.82 Å². The van der Waals surface area contributed by atoms with Crippen LogP contribution in [0.4, 0.5) is 14.6 Å². The Morgan fingerprint density at radius 3 is 2.53 bits per heavy atom. The fraction of sp³-hybridized carbons (Fsp3) is 0.154. The van der Waals surface area contributed by atoms with E-state index in [2.05, 4.69) is 4.98 Å². The van der Waals surface area contributed by atoms with Crippen LogP contribution in [0.5, 0.6) is 0 Å². The summed E-state index contributed by atoms with van der Waals surface area (Å²) >= 11 is 0. The highest BCUT2D eigenvalue weighted by Gasteiger charge is 2.05. The zero-order valence-corrected chi connectivity index (χ0v) is 9.16. The summed E-state index contributed by atoms with van der Waals surface area (Å²) in [5.41, 5.74) is 7.03. The molecular formula is C13H12F2N2. The van der Waals surface area contributed by atoms with Crippen LogP contribution in [0, 0.1) is 11.6 Å². The summed E-state index contributed by atoms with van der Waals surface area (Å²) in [6.45, 7) is 0. The molecule has 0 atom stereocenters. The third-order valence-corrected chi connectivity index (χ3v) is 2.60. The lowest BCUT2D eigenvalue weighted by Crippen LogP contribution is -2.00. The van der Waals surface area contributed by atoms with Crippen molar-refractivity contribution in [1.29, 1.82) is 0 Å². The lowest BCUT2D eigenvalue weighted by Gasteiger charge is -2.05. The minimum absolute atomic E-state index is 0.454. The second kappa shape index (κ2) is 4.91. The molecule has 2 rings (SSSR count). The van der Waals surface area contributed by atoms with Crippen molar-refractivity contribution in [3.8, 4) is 0 Å². The molecule has 0 aliphatic heterocycles. The van der Waals surface area contributed by atoms with Gasteiger partial charge in [0.2, 0.25) is 0 Å². The quantitative estimate of drug-likeness (QED) is 0.886. The first kappa shape index (κ1) is 11.5. The molecular weight excluding hydrogens is 222 g/mol. The van der Waals surface area contributed by atoms with Crippen LogP contribution in [0.15, 0.2) is 36.5 Å². The van der Waals surface area contributed by atoms with E-state index in [1.54, 1.807) is 12.3 Å². The van der Waals surface area contributed by atoms with Gasteiger partial charge in [0, 0.05) is 12.3 Å². The normalized spacial score (nSPS) is 10.5. The van der Waals surface area contributed by atoms with Gasteiger partial charge in [0.1, 0.15) is 17.5 Å². The Morgan fingerprint density at radius 1 is 1.06 bits per heavy atom. The van der Waals surface area contributed by atoms with Crippen LogP contribution in [0.25, 0.3) is 0 Å². The molecule has 2 aromatic rings. The van der Waals surface area contributed by atoms with Crippen LogP contribution in [0.2, 0.25) is 0 Å². The van der Waals surface area contributed by atoms with Crippen molar-refractivity contribution in [3.05, 3.63) is 59.3 Å². The van der Waals surface area contributed by atoms with E-state index in [-0.39, 0.29) is 0 Å². The largest absolute Gasteiger partial charge is 0.383 e. The second-order valence-electron chi connectivity index (χ2n) is 3.78. The van der Waals surface area contributed by atoms with Gasteiger partial charge in [0.05, 0.1) is 0 Å². The van der Waals surface area contributed by atoms with E-state index >= 15 is 0 Å². The van der Waals surface area contributed by atoms with Crippen LogP contribution in [-0.2, 0) is 12.8 Å². The number of rotatable bonds is 3. The van der Waals surface area contributed by atoms with E-state index in [4.69, 9.17) is 5.73 Å². The first-order valence-electron chi connectivity index (χ1n) is 5.30. The highest BCUT2D eigenvalue weighted by Crippen LogP contribution is 2.15. The number of nitrogens with two attached hydrogens (primary N) is 1. The molecule has 0 spiro atoms. The Kier molecular flexibility index (Phi) is 3.32. The van der Waals surface area contributed by atoms with Crippen LogP contribution >= 0.6 is 0 Å². The lowest BCUT2D eigenvalue weighted by atomic mass is 10.0. The Balaban J connectivity index is 2.10. The smallest absolute Gasteiger partial charge is 0.129 e. The Morgan fingerprint density at radius 2 is 1.82 bits per heavy atom. The molecule has 0 fully saturated rings. The van der Waals surface area contributed by atoms with E-state index in [0.717, 1.165) is 11.6 Å². The predicted molar refractivity (Wildman–Crippen MR) is 62.4 cm³/mol. The fourth-order valence-electron chi connectivity index (χ4n) is 1.66. The molecule has 0 saturated heterocycles. The van der Waals surface area contributed by atoms with E-state index in [0.29, 0.717) is 24.2 Å². The van der Waals surface area contributed by atoms with Crippen LogP contribution < -0.4 is 5.73 Å². The standard InChI is InChI=1S/C13H12F2N2/c14-11-6-5-9(12(15)8-11)3-4-10-2-1-7-17-13(10)16/h1-2,5-8H,3-4H2,(H2,16,17). The third kappa shape index (κ3) is 2.78. The van der Waals surface area contributed by atoms with Gasteiger partial charge in [-0.1, -0.05) is 12.1 Å². The van der Waals surface area contributed by atoms with E-state index in [1.807, 2.05) is 6.07 Å². The summed E-state index contributed by atoms with van der Waals surface area (Å²) in [7, 11) is 0. The van der Waals surface area contributed by atoms with Gasteiger partial charge in [-0.15, -0.1) is 0 Å². The molecule has 0 unspecified atom stereocenters. The number of benzene rings is 1. The van der Waals surface area contributed by atoms with Crippen molar-refractivity contribution in [3.63, 3.8) is 0 Å². The Labute approximate surface area is 98.1 Å². The number of nitrogens with zero attached hydrogens (tertiary/aromatic N) is 1. The second-order valence-corrected chi connectivity index (χ2v) is 3.78. The van der Waals surface area contributed by atoms with Crippen LogP contribution in [0.3, 0.4) is 0 Å². The van der Waals surface area contributed by atoms with Crippen molar-refractivity contribution in [2.24, 2.45) is 0 Å². The van der Waals surface area contributed by atoms with Crippen molar-refractivity contribution in [1.82, 2.24) is 4.98 Å². The molecule has 2 nitrogen and oxygen atoms in total. The molecule has 1 aromatic heterocycles. The van der Waals surface area contributed by atoms with E-state index < -0.39 is 11.6 Å². The molecule has 0 radical (unpaired) electrons. The molecule has 88 valence electrons. The van der Waals surface area contributed by atoms with Gasteiger partial charge >= 0.3 is 0 Å². The number of pyridine rings is 1. The zero-order chi connectivity index (χ0) is 12.3. The van der Waals surface area contributed by atoms with Crippen molar-refractivity contribution < 1.29 is 8.78 Å². The number of anilines is 1. The molecule has 4 heteroatoms. The van der Waals surface area contributed by atoms with Gasteiger partial charge in [-0.05, 0) is 36.1 Å². The summed E-state index contributed by atoms with van der Waals surface area (Å²) in [5.74, 6) is -0.630. The Bertz CT molecular complexity index is 527. The Hall–Kier alpha value is -1.97. The van der Waals surface area contributed by atoms with Gasteiger partial charge < -0.3 is 5.73 Å². The summed E-state index contributed by atoms with van der Waals surface area (Å²) in [6.07, 6.45) is 2.67. The summed E-state index contributed by atoms with van der Waals surface area (Å²) < 4.78 is 26.1. The predicted octanol–water partition coefficient (Wildman–Crippen LogP) is 2.73. The number of aryl methyl sites for hydroxylation is 2. The number of aromatic nitrogens is 1. The maximum atomic E-state index is 13.4. The maximum Gasteiger partial charge on any atom is 0.129 e. The fourth-order valence-corrected chi connectivity index (χ4v) is 1.66. The number of hydrogen-bond donors (Lipinski definition) is 1. The van der Waals surface area contributed by atoms with Gasteiger partial charge in [-0.3, -0.25) is 0 Å². The zero-order valence-electron chi connectivity index (χ0n) is 9.16. The lowest BCUT2D eigenvalue weighted by molar-refractivity contribution is 0.571. The maximum absolute atomic E-state index is 13.4. The van der Waals surface area contributed by atoms with E-state index in [1.165, 1.54) is 12.1 Å². The highest BCUT2D eigenvalue weighted by molar-refractivity contribution is 5.39. The monoisotopic (exact) mass is 234 g/mol. The SMILES string of the molecule is Nc1ncccc1CCc1ccc(F)cc1F. The first-order valence-corrected chi connectivity index (χ1v) is 5.30. The van der Waals surface area contributed by atoms with Crippen LogP contribution in [-0.4, -0.2) is 4.98 Å². The third-order valence-electron chi connectivity index (χ3n) is 2.60. The van der Waals surface area contributed by atoms with Crippen molar-refractivity contribution in [2.45, 2.75) is 12.8 Å². The average molecular weight is 234 g/mol. The van der Waals surface area contributed by atoms with Gasteiger partial charge in [-0.2, -0.15) is 0 Å². The minimum atomic E-state index is -0.563. The summed E-state index contributed by atoms with van der Waals surface area (Å²) in [4.78, 5) is 3.95. The molecule has 0 saturated carbocycles.